The molecule has 1 N–H and O–H groups in total. The Labute approximate surface area is 225 Å². The van der Waals surface area contributed by atoms with Crippen molar-refractivity contribution in [3.05, 3.63) is 53.7 Å². The summed E-state index contributed by atoms with van der Waals surface area (Å²) < 4.78 is 6.21. The molecule has 3 aliphatic heterocycles. The van der Waals surface area contributed by atoms with Gasteiger partial charge in [-0.1, -0.05) is 42.8 Å². The van der Waals surface area contributed by atoms with E-state index in [1.165, 1.54) is 41.3 Å². The van der Waals surface area contributed by atoms with Crippen LogP contribution in [0.2, 0.25) is 0 Å². The number of hydrogen-bond acceptors (Lipinski definition) is 8. The van der Waals surface area contributed by atoms with Crippen molar-refractivity contribution in [1.82, 2.24) is 20.2 Å². The second kappa shape index (κ2) is 11.5. The zero-order valence-corrected chi connectivity index (χ0v) is 22.1. The predicted octanol–water partition coefficient (Wildman–Crippen LogP) is 3.75. The number of fused-ring (bicyclic) bond motifs is 2. The second-order valence-corrected chi connectivity index (χ2v) is 10.6. The van der Waals surface area contributed by atoms with Crippen LogP contribution in [0.1, 0.15) is 36.9 Å². The highest BCUT2D eigenvalue weighted by Crippen LogP contribution is 2.34. The van der Waals surface area contributed by atoms with Gasteiger partial charge in [0.25, 0.3) is 0 Å². The van der Waals surface area contributed by atoms with Gasteiger partial charge in [-0.05, 0) is 43.8 Å². The van der Waals surface area contributed by atoms with Crippen LogP contribution in [0.15, 0.2) is 42.5 Å². The normalized spacial score (nSPS) is 20.2. The number of hydrogen-bond donors (Lipinski definition) is 1. The van der Waals surface area contributed by atoms with Crippen LogP contribution in [0.4, 0.5) is 11.5 Å². The van der Waals surface area contributed by atoms with E-state index in [1.807, 2.05) is 0 Å². The first-order valence-corrected chi connectivity index (χ1v) is 14.1. The minimum absolute atomic E-state index is 0.151. The second-order valence-electron chi connectivity index (χ2n) is 10.6. The molecule has 0 spiro atoms. The number of ether oxygens (including phenoxy) is 1. The Morgan fingerprint density at radius 3 is 2.74 bits per heavy atom. The minimum atomic E-state index is 0.151. The van der Waals surface area contributed by atoms with Gasteiger partial charge >= 0.3 is 6.01 Å². The van der Waals surface area contributed by atoms with Crippen LogP contribution in [-0.2, 0) is 13.0 Å². The van der Waals surface area contributed by atoms with E-state index in [-0.39, 0.29) is 6.04 Å². The molecule has 2 fully saturated rings. The Kier molecular flexibility index (Phi) is 7.56. The highest BCUT2D eigenvalue weighted by molar-refractivity contribution is 5.94. The third-order valence-corrected chi connectivity index (χ3v) is 8.11. The number of piperidine rings is 1. The molecule has 0 amide bonds. The van der Waals surface area contributed by atoms with Crippen LogP contribution in [0, 0.1) is 11.3 Å². The lowest BCUT2D eigenvalue weighted by Crippen LogP contribution is -2.51. The SMILES string of the molecule is N#CC[C@H]1CN(c2nc(OCCN3CCCCC3)nc3c2CCN(c2cccc4ccccc24)C3)CCN1. The van der Waals surface area contributed by atoms with Crippen LogP contribution in [0.5, 0.6) is 6.01 Å². The van der Waals surface area contributed by atoms with Crippen molar-refractivity contribution in [1.29, 1.82) is 5.26 Å². The number of nitriles is 1. The van der Waals surface area contributed by atoms with Gasteiger partial charge in [0.1, 0.15) is 12.4 Å². The van der Waals surface area contributed by atoms with Crippen LogP contribution >= 0.6 is 0 Å². The van der Waals surface area contributed by atoms with E-state index in [2.05, 4.69) is 68.6 Å². The van der Waals surface area contributed by atoms with Gasteiger partial charge in [0, 0.05) is 55.4 Å². The minimum Gasteiger partial charge on any atom is -0.462 e. The molecular weight excluding hydrogens is 474 g/mol. The van der Waals surface area contributed by atoms with Gasteiger partial charge < -0.3 is 19.9 Å². The van der Waals surface area contributed by atoms with Crippen molar-refractivity contribution < 1.29 is 4.74 Å². The molecule has 0 saturated carbocycles. The van der Waals surface area contributed by atoms with Crippen molar-refractivity contribution in [2.45, 2.75) is 44.7 Å². The van der Waals surface area contributed by atoms with Gasteiger partial charge in [0.05, 0.1) is 24.7 Å². The zero-order valence-electron chi connectivity index (χ0n) is 22.1. The summed E-state index contributed by atoms with van der Waals surface area (Å²) in [6.45, 7) is 7.96. The summed E-state index contributed by atoms with van der Waals surface area (Å²) in [7, 11) is 0. The quantitative estimate of drug-likeness (QED) is 0.514. The van der Waals surface area contributed by atoms with E-state index in [0.29, 0.717) is 19.0 Å². The van der Waals surface area contributed by atoms with Gasteiger partial charge in [-0.15, -0.1) is 0 Å². The lowest BCUT2D eigenvalue weighted by molar-refractivity contribution is 0.177. The van der Waals surface area contributed by atoms with E-state index < -0.39 is 0 Å². The predicted molar refractivity (Wildman–Crippen MR) is 151 cm³/mol. The summed E-state index contributed by atoms with van der Waals surface area (Å²) >= 11 is 0. The average Bonchev–Trinajstić information content (AvgIpc) is 2.97. The lowest BCUT2D eigenvalue weighted by atomic mass is 10.0. The Hall–Kier alpha value is -3.41. The Balaban J connectivity index is 1.28. The Morgan fingerprint density at radius 1 is 0.974 bits per heavy atom. The summed E-state index contributed by atoms with van der Waals surface area (Å²) in [6, 6.07) is 18.1. The molecule has 1 aromatic heterocycles. The first-order valence-electron chi connectivity index (χ1n) is 14.1. The fourth-order valence-electron chi connectivity index (χ4n) is 6.12. The number of nitrogens with one attached hydrogen (secondary N) is 1. The van der Waals surface area contributed by atoms with E-state index >= 15 is 0 Å². The van der Waals surface area contributed by atoms with Gasteiger partial charge in [-0.3, -0.25) is 4.90 Å². The number of nitrogens with zero attached hydrogens (tertiary/aromatic N) is 6. The molecule has 8 nitrogen and oxygen atoms in total. The van der Waals surface area contributed by atoms with Gasteiger partial charge in [0.15, 0.2) is 0 Å². The van der Waals surface area contributed by atoms with E-state index in [1.54, 1.807) is 0 Å². The third kappa shape index (κ3) is 5.40. The van der Waals surface area contributed by atoms with Crippen molar-refractivity contribution in [3.63, 3.8) is 0 Å². The first kappa shape index (κ1) is 24.9. The molecule has 0 aliphatic carbocycles. The van der Waals surface area contributed by atoms with Crippen LogP contribution in [0.3, 0.4) is 0 Å². The average molecular weight is 512 g/mol. The van der Waals surface area contributed by atoms with Gasteiger partial charge in [-0.25, -0.2) is 0 Å². The molecule has 38 heavy (non-hydrogen) atoms. The van der Waals surface area contributed by atoms with Gasteiger partial charge in [0.2, 0.25) is 0 Å². The van der Waals surface area contributed by atoms with E-state index in [0.717, 1.165) is 70.3 Å². The van der Waals surface area contributed by atoms with E-state index in [9.17, 15) is 5.26 Å². The number of aromatic nitrogens is 2. The Morgan fingerprint density at radius 2 is 1.84 bits per heavy atom. The number of piperazine rings is 1. The molecule has 1 atom stereocenters. The molecule has 0 bridgehead atoms. The molecule has 0 unspecified atom stereocenters. The Bertz CT molecular complexity index is 1290. The van der Waals surface area contributed by atoms with Crippen molar-refractivity contribution in [2.24, 2.45) is 0 Å². The molecular formula is C30H37N7O. The molecule has 6 rings (SSSR count). The fourth-order valence-corrected chi connectivity index (χ4v) is 6.12. The molecule has 8 heteroatoms. The molecule has 3 aromatic rings. The maximum absolute atomic E-state index is 9.27. The van der Waals surface area contributed by atoms with Crippen LogP contribution in [0.25, 0.3) is 10.8 Å². The molecule has 2 aromatic carbocycles. The molecule has 2 saturated heterocycles. The summed E-state index contributed by atoms with van der Waals surface area (Å²) in [5, 5.41) is 15.3. The monoisotopic (exact) mass is 511 g/mol. The summed E-state index contributed by atoms with van der Waals surface area (Å²) in [5.74, 6) is 0.991. The third-order valence-electron chi connectivity index (χ3n) is 8.11. The summed E-state index contributed by atoms with van der Waals surface area (Å²) in [5.41, 5.74) is 3.53. The topological polar surface area (TPSA) is 80.5 Å². The molecule has 3 aliphatic rings. The van der Waals surface area contributed by atoms with Crippen LogP contribution in [-0.4, -0.2) is 73.3 Å². The summed E-state index contributed by atoms with van der Waals surface area (Å²) in [6.07, 6.45) is 5.26. The number of rotatable bonds is 7. The summed E-state index contributed by atoms with van der Waals surface area (Å²) in [4.78, 5) is 17.2. The smallest absolute Gasteiger partial charge is 0.318 e. The maximum Gasteiger partial charge on any atom is 0.318 e. The van der Waals surface area contributed by atoms with Gasteiger partial charge in [-0.2, -0.15) is 15.2 Å². The van der Waals surface area contributed by atoms with Crippen molar-refractivity contribution in [3.8, 4) is 12.1 Å². The number of likely N-dealkylation sites (tertiary alicyclic amines) is 1. The molecule has 0 radical (unpaired) electrons. The standard InChI is InChI=1S/C30H37N7O/c31-13-11-24-21-37(18-14-32-24)29-26-12-17-36(28-10-6-8-23-7-2-3-9-25(23)28)22-27(26)33-30(34-29)38-20-19-35-15-4-1-5-16-35/h2-3,6-10,24,32H,1,4-5,11-12,14-22H2/t24-/m0/s1. The molecule has 4 heterocycles. The lowest BCUT2D eigenvalue weighted by Gasteiger charge is -2.37. The number of benzene rings is 2. The van der Waals surface area contributed by atoms with Crippen molar-refractivity contribution in [2.75, 3.05) is 62.2 Å². The molecule has 198 valence electrons. The van der Waals surface area contributed by atoms with Crippen molar-refractivity contribution >= 4 is 22.3 Å². The van der Waals surface area contributed by atoms with E-state index in [4.69, 9.17) is 14.7 Å². The maximum atomic E-state index is 9.27. The first-order chi connectivity index (χ1) is 18.8. The highest BCUT2D eigenvalue weighted by atomic mass is 16.5. The van der Waals surface area contributed by atoms with Crippen LogP contribution < -0.4 is 19.9 Å². The largest absolute Gasteiger partial charge is 0.462 e. The highest BCUT2D eigenvalue weighted by Gasteiger charge is 2.29. The fraction of sp³-hybridized carbons (Fsp3) is 0.500. The zero-order chi connectivity index (χ0) is 25.7. The number of anilines is 2.